The Hall–Kier alpha value is -4.96. The maximum absolute atomic E-state index is 10.8. The Kier molecular flexibility index (Phi) is 17.0. The zero-order valence-corrected chi connectivity index (χ0v) is 32.5. The summed E-state index contributed by atoms with van der Waals surface area (Å²) in [5.41, 5.74) is 3.01. The van der Waals surface area contributed by atoms with Crippen molar-refractivity contribution in [3.05, 3.63) is 95.1 Å². The summed E-state index contributed by atoms with van der Waals surface area (Å²) >= 11 is 0. The van der Waals surface area contributed by atoms with E-state index >= 15 is 0 Å². The molecule has 0 saturated heterocycles. The van der Waals surface area contributed by atoms with E-state index in [9.17, 15) is 15.3 Å². The van der Waals surface area contributed by atoms with E-state index in [0.717, 1.165) is 16.7 Å². The smallest absolute Gasteiger partial charge is 0.161 e. The minimum atomic E-state index is -0.835. The van der Waals surface area contributed by atoms with Gasteiger partial charge in [-0.25, -0.2) is 0 Å². The number of hydrogen-bond acceptors (Lipinski definition) is 14. The summed E-state index contributed by atoms with van der Waals surface area (Å²) < 4.78 is 50.5. The van der Waals surface area contributed by atoms with Crippen LogP contribution < -0.4 is 43.8 Å². The number of ether oxygens (including phenoxy) is 9. The zero-order chi connectivity index (χ0) is 39.7. The van der Waals surface area contributed by atoms with Gasteiger partial charge >= 0.3 is 0 Å². The van der Waals surface area contributed by atoms with Crippen molar-refractivity contribution in [2.24, 2.45) is 0 Å². The molecule has 4 aromatic rings. The molecule has 0 radical (unpaired) electrons. The van der Waals surface area contributed by atoms with Gasteiger partial charge in [0.1, 0.15) is 12.2 Å². The van der Waals surface area contributed by atoms with Crippen LogP contribution in [0, 0.1) is 0 Å². The first-order chi connectivity index (χ1) is 26.7. The lowest BCUT2D eigenvalue weighted by molar-refractivity contribution is 0.00530. The number of nitrogens with one attached hydrogen (secondary N) is 2. The number of aromatic hydroxyl groups is 1. The van der Waals surface area contributed by atoms with Gasteiger partial charge in [0, 0.05) is 26.2 Å². The predicted octanol–water partition coefficient (Wildman–Crippen LogP) is 4.27. The number of phenolic OH excluding ortho intramolecular Hbond substituents is 1. The third-order valence-electron chi connectivity index (χ3n) is 8.79. The normalized spacial score (nSPS) is 12.8. The van der Waals surface area contributed by atoms with Crippen molar-refractivity contribution in [1.82, 2.24) is 10.6 Å². The van der Waals surface area contributed by atoms with Crippen LogP contribution in [-0.2, 0) is 9.47 Å². The molecule has 4 rings (SSSR count). The van der Waals surface area contributed by atoms with Gasteiger partial charge in [-0.15, -0.1) is 0 Å². The molecule has 0 heterocycles. The minimum Gasteiger partial charge on any atom is -0.504 e. The first kappa shape index (κ1) is 42.8. The van der Waals surface area contributed by atoms with Gasteiger partial charge in [0.15, 0.2) is 46.0 Å². The Morgan fingerprint density at radius 2 is 0.745 bits per heavy atom. The number of methoxy groups -OCH3 is 7. The molecule has 0 aliphatic rings. The Morgan fingerprint density at radius 3 is 1.05 bits per heavy atom. The van der Waals surface area contributed by atoms with E-state index in [1.165, 1.54) is 7.11 Å². The van der Waals surface area contributed by atoms with Crippen LogP contribution in [0.3, 0.4) is 0 Å². The fourth-order valence-electron chi connectivity index (χ4n) is 5.93. The van der Waals surface area contributed by atoms with Gasteiger partial charge in [-0.05, 0) is 70.8 Å². The van der Waals surface area contributed by atoms with Crippen LogP contribution in [0.25, 0.3) is 0 Å². The third kappa shape index (κ3) is 11.8. The van der Waals surface area contributed by atoms with Gasteiger partial charge in [-0.1, -0.05) is 24.3 Å². The monoisotopic (exact) mass is 766 g/mol. The average molecular weight is 767 g/mol. The molecule has 0 saturated carbocycles. The molecule has 0 bridgehead atoms. The Labute approximate surface area is 322 Å². The van der Waals surface area contributed by atoms with Crippen molar-refractivity contribution >= 4 is 0 Å². The molecule has 0 aliphatic heterocycles. The standard InChI is InChI=1S/C41H54N2O12/c1-47-33-12-8-26(18-32(33)46)40(27-9-13-34(48-2)37(19-27)51-5)54-24-30(44)22-42-16-17-43-23-31(45)25-55-41(28-10-14-35(49-3)38(20-28)52-6)29-11-15-36(50-4)39(21-29)53-7/h8-15,18-21,30-31,40-46H,16-17,22-25H2,1-7H3/t30-,31-,40?/m1/s1. The fourth-order valence-corrected chi connectivity index (χ4v) is 5.93. The molecule has 14 heteroatoms. The van der Waals surface area contributed by atoms with Gasteiger partial charge in [0.25, 0.3) is 0 Å². The predicted molar refractivity (Wildman–Crippen MR) is 207 cm³/mol. The van der Waals surface area contributed by atoms with Gasteiger partial charge in [-0.2, -0.15) is 0 Å². The highest BCUT2D eigenvalue weighted by molar-refractivity contribution is 5.50. The van der Waals surface area contributed by atoms with Gasteiger partial charge in [0.05, 0.1) is 75.2 Å². The zero-order valence-electron chi connectivity index (χ0n) is 32.5. The number of aliphatic hydroxyl groups excluding tert-OH is 2. The fraction of sp³-hybridized carbons (Fsp3) is 0.415. The second-order valence-electron chi connectivity index (χ2n) is 12.4. The van der Waals surface area contributed by atoms with Gasteiger partial charge < -0.3 is 68.6 Å². The van der Waals surface area contributed by atoms with Gasteiger partial charge in [-0.3, -0.25) is 0 Å². The van der Waals surface area contributed by atoms with Crippen molar-refractivity contribution in [1.29, 1.82) is 0 Å². The molecule has 0 aromatic heterocycles. The largest absolute Gasteiger partial charge is 0.504 e. The van der Waals surface area contributed by atoms with Crippen LogP contribution in [-0.4, -0.2) is 117 Å². The van der Waals surface area contributed by atoms with Crippen molar-refractivity contribution in [2.75, 3.05) is 89.2 Å². The molecule has 3 atom stereocenters. The maximum Gasteiger partial charge on any atom is 0.161 e. The summed E-state index contributed by atoms with van der Waals surface area (Å²) in [5, 5.41) is 38.5. The van der Waals surface area contributed by atoms with E-state index in [1.807, 2.05) is 42.5 Å². The molecule has 1 unspecified atom stereocenters. The SMILES string of the molecule is COc1ccc(C(OC[C@H](O)CNCCNC[C@@H](O)COC(c2ccc(OC)c(OC)c2)c2ccc(OC)c(OC)c2)c2ccc(OC)c(OC)c2)cc1O. The van der Waals surface area contributed by atoms with Crippen LogP contribution in [0.1, 0.15) is 34.5 Å². The number of hydrogen-bond donors (Lipinski definition) is 5. The first-order valence-electron chi connectivity index (χ1n) is 17.7. The van der Waals surface area contributed by atoms with Crippen LogP contribution in [0.15, 0.2) is 72.8 Å². The molecule has 0 amide bonds. The van der Waals surface area contributed by atoms with E-state index in [-0.39, 0.29) is 32.1 Å². The summed E-state index contributed by atoms with van der Waals surface area (Å²) in [6.45, 7) is 1.63. The summed E-state index contributed by atoms with van der Waals surface area (Å²) in [4.78, 5) is 0. The van der Waals surface area contributed by atoms with E-state index in [1.54, 1.807) is 73.0 Å². The minimum absolute atomic E-state index is 0.00356. The molecule has 5 N–H and O–H groups in total. The lowest BCUT2D eigenvalue weighted by Crippen LogP contribution is -2.38. The quantitative estimate of drug-likeness (QED) is 0.0642. The first-order valence-corrected chi connectivity index (χ1v) is 17.7. The molecule has 4 aromatic carbocycles. The van der Waals surface area contributed by atoms with Crippen molar-refractivity contribution in [3.8, 4) is 46.0 Å². The highest BCUT2D eigenvalue weighted by atomic mass is 16.5. The average Bonchev–Trinajstić information content (AvgIpc) is 3.21. The lowest BCUT2D eigenvalue weighted by atomic mass is 10.00. The number of phenols is 1. The van der Waals surface area contributed by atoms with Crippen molar-refractivity contribution in [3.63, 3.8) is 0 Å². The molecule has 0 spiro atoms. The van der Waals surface area contributed by atoms with Crippen LogP contribution in [0.2, 0.25) is 0 Å². The van der Waals surface area contributed by atoms with E-state index in [0.29, 0.717) is 58.9 Å². The second-order valence-corrected chi connectivity index (χ2v) is 12.4. The Morgan fingerprint density at radius 1 is 0.436 bits per heavy atom. The number of aliphatic hydroxyl groups is 2. The summed E-state index contributed by atoms with van der Waals surface area (Å²) in [6, 6.07) is 21.5. The van der Waals surface area contributed by atoms with E-state index < -0.39 is 24.4 Å². The summed E-state index contributed by atoms with van der Waals surface area (Å²) in [6.07, 6.45) is -2.83. The number of rotatable bonds is 24. The van der Waals surface area contributed by atoms with E-state index in [2.05, 4.69) is 10.6 Å². The Bertz CT molecular complexity index is 1720. The van der Waals surface area contributed by atoms with Crippen LogP contribution in [0.4, 0.5) is 0 Å². The third-order valence-corrected chi connectivity index (χ3v) is 8.79. The molecule has 0 aliphatic carbocycles. The second kappa shape index (κ2) is 21.8. The summed E-state index contributed by atoms with van der Waals surface area (Å²) in [7, 11) is 10.9. The highest BCUT2D eigenvalue weighted by Gasteiger charge is 2.22. The molecule has 0 fully saturated rings. The summed E-state index contributed by atoms with van der Waals surface area (Å²) in [5.74, 6) is 3.67. The molecule has 300 valence electrons. The number of benzene rings is 4. The van der Waals surface area contributed by atoms with Gasteiger partial charge in [0.2, 0.25) is 0 Å². The molecule has 55 heavy (non-hydrogen) atoms. The van der Waals surface area contributed by atoms with Crippen molar-refractivity contribution in [2.45, 2.75) is 24.4 Å². The maximum atomic E-state index is 10.8. The molecular formula is C41H54N2O12. The highest BCUT2D eigenvalue weighted by Crippen LogP contribution is 2.39. The Balaban J connectivity index is 1.28. The van der Waals surface area contributed by atoms with Crippen LogP contribution in [0.5, 0.6) is 46.0 Å². The van der Waals surface area contributed by atoms with Crippen molar-refractivity contribution < 1.29 is 58.0 Å². The topological polar surface area (TPSA) is 168 Å². The van der Waals surface area contributed by atoms with E-state index in [4.69, 9.17) is 42.6 Å². The lowest BCUT2D eigenvalue weighted by Gasteiger charge is -2.23. The molecular weight excluding hydrogens is 712 g/mol. The molecule has 14 nitrogen and oxygen atoms in total. The van der Waals surface area contributed by atoms with Crippen LogP contribution >= 0.6 is 0 Å².